The summed E-state index contributed by atoms with van der Waals surface area (Å²) in [7, 11) is -8.12. The highest BCUT2D eigenvalue weighted by atomic mass is 35.5. The van der Waals surface area contributed by atoms with Crippen molar-refractivity contribution in [2.75, 3.05) is 0 Å². The number of rotatable bonds is 8. The maximum Gasteiger partial charge on any atom is 0.417 e. The number of alkyl halides is 6. The summed E-state index contributed by atoms with van der Waals surface area (Å²) in [5, 5.41) is -2.60. The van der Waals surface area contributed by atoms with Gasteiger partial charge in [-0.3, -0.25) is 9.59 Å². The number of aliphatic imine (C=N–C) groups is 1. The zero-order valence-electron chi connectivity index (χ0n) is 23.7. The summed E-state index contributed by atoms with van der Waals surface area (Å²) in [6.45, 7) is 3.20. The van der Waals surface area contributed by atoms with Crippen LogP contribution < -0.4 is 11.5 Å². The molecule has 0 saturated heterocycles. The molecular weight excluding hydrogens is 676 g/mol. The van der Waals surface area contributed by atoms with Crippen LogP contribution in [0.25, 0.3) is 0 Å². The number of benzene rings is 2. The Balaban J connectivity index is 0.000000248. The van der Waals surface area contributed by atoms with Crippen LogP contribution in [0.1, 0.15) is 82.5 Å². The third-order valence-electron chi connectivity index (χ3n) is 7.00. The highest BCUT2D eigenvalue weighted by molar-refractivity contribution is 7.92. The standard InChI is InChI=1S/C14H16F3N3O3S.C13H12ClF3O3S/c1-2-7-5-11(24(22,23)8-3-4-8)10(14(15,16)17)6-9(7)12(21)20-13(18)19;1-2-7-5-11(21(19,20)8-3-4-8)10(13(15,16)17)6-9(7)12(14)18/h5-6,8H,2-4H2,1H3,(H4,18,19,20,21);5-6,8H,2-4H2,1H3. The molecule has 2 fully saturated rings. The number of halogens is 7. The van der Waals surface area contributed by atoms with Crippen molar-refractivity contribution < 1.29 is 52.8 Å². The summed E-state index contributed by atoms with van der Waals surface area (Å²) in [6, 6.07) is 2.91. The number of hydrogen-bond donors (Lipinski definition) is 2. The van der Waals surface area contributed by atoms with Crippen molar-refractivity contribution >= 4 is 48.4 Å². The second kappa shape index (κ2) is 12.9. The third kappa shape index (κ3) is 8.16. The molecule has 9 nitrogen and oxygen atoms in total. The van der Waals surface area contributed by atoms with Crippen LogP contribution in [-0.2, 0) is 44.9 Å². The number of guanidine groups is 1. The number of carbonyl (C=O) groups is 2. The van der Waals surface area contributed by atoms with Gasteiger partial charge in [-0.15, -0.1) is 0 Å². The Morgan fingerprint density at radius 2 is 1.11 bits per heavy atom. The van der Waals surface area contributed by atoms with Gasteiger partial charge in [0, 0.05) is 11.1 Å². The van der Waals surface area contributed by atoms with Gasteiger partial charge in [-0.25, -0.2) is 16.8 Å². The van der Waals surface area contributed by atoms with E-state index in [9.17, 15) is 52.8 Å². The van der Waals surface area contributed by atoms with E-state index < -0.39 is 80.6 Å². The minimum atomic E-state index is -4.93. The summed E-state index contributed by atoms with van der Waals surface area (Å²) in [4.78, 5) is 24.9. The van der Waals surface area contributed by atoms with Crippen molar-refractivity contribution in [2.24, 2.45) is 16.5 Å². The molecule has 2 aromatic rings. The zero-order valence-corrected chi connectivity index (χ0v) is 26.1. The van der Waals surface area contributed by atoms with Crippen LogP contribution in [0.2, 0.25) is 0 Å². The average molecular weight is 704 g/mol. The molecule has 2 aromatic carbocycles. The number of amides is 1. The van der Waals surface area contributed by atoms with Crippen LogP contribution >= 0.6 is 11.6 Å². The van der Waals surface area contributed by atoms with Gasteiger partial charge in [0.25, 0.3) is 11.1 Å². The van der Waals surface area contributed by atoms with Crippen LogP contribution in [0.4, 0.5) is 26.3 Å². The molecule has 0 radical (unpaired) electrons. The predicted octanol–water partition coefficient (Wildman–Crippen LogP) is 5.20. The molecule has 2 saturated carbocycles. The highest BCUT2D eigenvalue weighted by Crippen LogP contribution is 2.43. The van der Waals surface area contributed by atoms with Crippen molar-refractivity contribution in [2.45, 2.75) is 85.0 Å². The molecule has 4 N–H and O–H groups in total. The minimum absolute atomic E-state index is 0.136. The molecular formula is C27H28ClF6N3O6S2. The van der Waals surface area contributed by atoms with Crippen molar-refractivity contribution in [1.29, 1.82) is 0 Å². The molecule has 18 heteroatoms. The molecule has 0 atom stereocenters. The van der Waals surface area contributed by atoms with Gasteiger partial charge in [-0.2, -0.15) is 31.3 Å². The smallest absolute Gasteiger partial charge is 0.370 e. The Kier molecular flexibility index (Phi) is 10.4. The quantitative estimate of drug-likeness (QED) is 0.164. The van der Waals surface area contributed by atoms with Crippen LogP contribution in [0.15, 0.2) is 39.0 Å². The predicted molar refractivity (Wildman–Crippen MR) is 152 cm³/mol. The third-order valence-corrected chi connectivity index (χ3v) is 11.8. The second-order valence-corrected chi connectivity index (χ2v) is 15.1. The fraction of sp³-hybridized carbons (Fsp3) is 0.444. The Morgan fingerprint density at radius 3 is 1.40 bits per heavy atom. The van der Waals surface area contributed by atoms with Gasteiger partial charge in [0.1, 0.15) is 0 Å². The molecule has 2 aliphatic rings. The molecule has 0 unspecified atom stereocenters. The van der Waals surface area contributed by atoms with Crippen molar-refractivity contribution in [3.63, 3.8) is 0 Å². The van der Waals surface area contributed by atoms with E-state index in [0.717, 1.165) is 12.1 Å². The molecule has 1 amide bonds. The van der Waals surface area contributed by atoms with Gasteiger partial charge >= 0.3 is 12.4 Å². The monoisotopic (exact) mass is 703 g/mol. The van der Waals surface area contributed by atoms with E-state index in [2.05, 4.69) is 4.99 Å². The second-order valence-electron chi connectivity index (χ2n) is 10.3. The molecule has 0 aromatic heterocycles. The largest absolute Gasteiger partial charge is 0.417 e. The number of nitrogens with zero attached hydrogens (tertiary/aromatic N) is 1. The van der Waals surface area contributed by atoms with Crippen molar-refractivity contribution in [3.05, 3.63) is 57.6 Å². The first-order valence-corrected chi connectivity index (χ1v) is 16.8. The Hall–Kier alpha value is -3.18. The summed E-state index contributed by atoms with van der Waals surface area (Å²) in [5.74, 6) is -1.64. The molecule has 248 valence electrons. The van der Waals surface area contributed by atoms with Crippen LogP contribution in [0.5, 0.6) is 0 Å². The Morgan fingerprint density at radius 1 is 0.756 bits per heavy atom. The van der Waals surface area contributed by atoms with Gasteiger partial charge in [0.05, 0.1) is 31.4 Å². The molecule has 0 heterocycles. The van der Waals surface area contributed by atoms with Gasteiger partial charge in [0.2, 0.25) is 0 Å². The van der Waals surface area contributed by atoms with E-state index >= 15 is 0 Å². The van der Waals surface area contributed by atoms with Crippen molar-refractivity contribution in [1.82, 2.24) is 0 Å². The number of nitrogens with two attached hydrogens (primary N) is 2. The first kappa shape index (κ1) is 36.3. The van der Waals surface area contributed by atoms with Gasteiger partial charge in [-0.1, -0.05) is 13.8 Å². The fourth-order valence-corrected chi connectivity index (χ4v) is 8.40. The van der Waals surface area contributed by atoms with E-state index in [4.69, 9.17) is 23.1 Å². The molecule has 2 aliphatic carbocycles. The summed E-state index contributed by atoms with van der Waals surface area (Å²) in [5.41, 5.74) is 7.13. The first-order valence-electron chi connectivity index (χ1n) is 13.4. The van der Waals surface area contributed by atoms with Gasteiger partial charge < -0.3 is 11.5 Å². The molecule has 0 spiro atoms. The lowest BCUT2D eigenvalue weighted by Gasteiger charge is -2.16. The van der Waals surface area contributed by atoms with E-state index in [1.807, 2.05) is 0 Å². The first-order chi connectivity index (χ1) is 20.6. The Labute approximate surface area is 259 Å². The van der Waals surface area contributed by atoms with Crippen LogP contribution in [-0.4, -0.2) is 44.4 Å². The SMILES string of the molecule is CCc1cc(S(=O)(=O)C2CC2)c(C(F)(F)F)cc1C(=O)Cl.CCc1cc(S(=O)(=O)C2CC2)c(C(F)(F)F)cc1C(=O)N=C(N)N. The average Bonchev–Trinajstić information content (AvgIpc) is 3.82. The van der Waals surface area contributed by atoms with Crippen LogP contribution in [0, 0.1) is 0 Å². The van der Waals surface area contributed by atoms with Crippen LogP contribution in [0.3, 0.4) is 0 Å². The zero-order chi connectivity index (χ0) is 34.3. The van der Waals surface area contributed by atoms with E-state index in [0.29, 0.717) is 37.8 Å². The highest BCUT2D eigenvalue weighted by Gasteiger charge is 2.45. The molecule has 0 aliphatic heterocycles. The van der Waals surface area contributed by atoms with Gasteiger partial charge in [-0.05, 0) is 85.5 Å². The molecule has 45 heavy (non-hydrogen) atoms. The fourth-order valence-electron chi connectivity index (χ4n) is 4.42. The van der Waals surface area contributed by atoms with E-state index in [-0.39, 0.29) is 35.1 Å². The molecule has 4 rings (SSSR count). The topological polar surface area (TPSA) is 167 Å². The Bertz CT molecular complexity index is 1760. The number of hydrogen-bond acceptors (Lipinski definition) is 6. The number of aryl methyl sites for hydroxylation is 2. The maximum atomic E-state index is 13.3. The summed E-state index contributed by atoms with van der Waals surface area (Å²) < 4.78 is 128. The van der Waals surface area contributed by atoms with E-state index in [1.165, 1.54) is 0 Å². The number of carbonyl (C=O) groups excluding carboxylic acids is 2. The lowest BCUT2D eigenvalue weighted by Crippen LogP contribution is -2.25. The summed E-state index contributed by atoms with van der Waals surface area (Å²) >= 11 is 5.29. The molecule has 0 bridgehead atoms. The lowest BCUT2D eigenvalue weighted by molar-refractivity contribution is -0.140. The maximum absolute atomic E-state index is 13.3. The number of sulfone groups is 2. The lowest BCUT2D eigenvalue weighted by atomic mass is 10.0. The minimum Gasteiger partial charge on any atom is -0.370 e. The normalized spacial score (nSPS) is 15.6. The van der Waals surface area contributed by atoms with E-state index in [1.54, 1.807) is 13.8 Å². The summed E-state index contributed by atoms with van der Waals surface area (Å²) in [6.07, 6.45) is -8.08. The van der Waals surface area contributed by atoms with Crippen molar-refractivity contribution in [3.8, 4) is 0 Å². The van der Waals surface area contributed by atoms with Gasteiger partial charge in [0.15, 0.2) is 25.6 Å².